The summed E-state index contributed by atoms with van der Waals surface area (Å²) < 4.78 is 0. The number of thioether (sulfide) groups is 1. The van der Waals surface area contributed by atoms with Crippen LogP contribution in [0.3, 0.4) is 0 Å². The van der Waals surface area contributed by atoms with Gasteiger partial charge in [0.05, 0.1) is 0 Å². The van der Waals surface area contributed by atoms with Gasteiger partial charge in [0.15, 0.2) is 0 Å². The summed E-state index contributed by atoms with van der Waals surface area (Å²) in [5.41, 5.74) is 0.469. The van der Waals surface area contributed by atoms with Crippen LogP contribution >= 0.6 is 11.8 Å². The highest BCUT2D eigenvalue weighted by molar-refractivity contribution is 7.98. The average Bonchev–Trinajstić information content (AvgIpc) is 2.14. The molecule has 13 heavy (non-hydrogen) atoms. The van der Waals surface area contributed by atoms with E-state index in [1.54, 1.807) is 0 Å². The molecule has 0 unspecified atom stereocenters. The van der Waals surface area contributed by atoms with Crippen molar-refractivity contribution in [3.05, 3.63) is 0 Å². The Bertz CT molecular complexity index is 130. The molecule has 0 atom stereocenters. The standard InChI is InChI=1S/C11H23NS/c1-11(7-4-3-5-8-11)12-9-6-10-13-2/h12H,3-10H2,1-2H3. The molecule has 0 saturated heterocycles. The molecule has 0 aromatic heterocycles. The quantitative estimate of drug-likeness (QED) is 0.686. The van der Waals surface area contributed by atoms with E-state index in [1.165, 1.54) is 50.8 Å². The van der Waals surface area contributed by atoms with E-state index in [0.29, 0.717) is 5.54 Å². The van der Waals surface area contributed by atoms with Crippen molar-refractivity contribution in [2.24, 2.45) is 0 Å². The number of hydrogen-bond acceptors (Lipinski definition) is 2. The van der Waals surface area contributed by atoms with Gasteiger partial charge in [-0.3, -0.25) is 0 Å². The molecule has 1 rings (SSSR count). The Morgan fingerprint density at radius 1 is 1.23 bits per heavy atom. The van der Waals surface area contributed by atoms with Crippen LogP contribution in [0.4, 0.5) is 0 Å². The van der Waals surface area contributed by atoms with Gasteiger partial charge in [-0.05, 0) is 44.7 Å². The van der Waals surface area contributed by atoms with Crippen LogP contribution in [0.2, 0.25) is 0 Å². The van der Waals surface area contributed by atoms with Gasteiger partial charge in [-0.15, -0.1) is 0 Å². The zero-order valence-corrected chi connectivity index (χ0v) is 9.88. The van der Waals surface area contributed by atoms with Crippen molar-refractivity contribution in [2.45, 2.75) is 51.0 Å². The van der Waals surface area contributed by atoms with Crippen molar-refractivity contribution in [2.75, 3.05) is 18.6 Å². The van der Waals surface area contributed by atoms with E-state index in [2.05, 4.69) is 18.5 Å². The molecule has 1 saturated carbocycles. The lowest BCUT2D eigenvalue weighted by molar-refractivity contribution is 0.255. The van der Waals surface area contributed by atoms with Crippen LogP contribution < -0.4 is 5.32 Å². The predicted molar refractivity (Wildman–Crippen MR) is 62.5 cm³/mol. The zero-order valence-electron chi connectivity index (χ0n) is 9.07. The number of hydrogen-bond donors (Lipinski definition) is 1. The second-order valence-corrected chi connectivity index (χ2v) is 5.38. The van der Waals surface area contributed by atoms with E-state index in [9.17, 15) is 0 Å². The Labute approximate surface area is 87.1 Å². The van der Waals surface area contributed by atoms with Crippen molar-refractivity contribution >= 4 is 11.8 Å². The average molecular weight is 201 g/mol. The van der Waals surface area contributed by atoms with Crippen LogP contribution in [0.25, 0.3) is 0 Å². The molecule has 1 nitrogen and oxygen atoms in total. The maximum absolute atomic E-state index is 3.72. The van der Waals surface area contributed by atoms with Gasteiger partial charge < -0.3 is 5.32 Å². The van der Waals surface area contributed by atoms with E-state index in [0.717, 1.165) is 0 Å². The molecule has 1 N–H and O–H groups in total. The van der Waals surface area contributed by atoms with E-state index in [1.807, 2.05) is 11.8 Å². The van der Waals surface area contributed by atoms with Gasteiger partial charge in [0.1, 0.15) is 0 Å². The van der Waals surface area contributed by atoms with Crippen LogP contribution in [-0.4, -0.2) is 24.1 Å². The minimum Gasteiger partial charge on any atom is -0.311 e. The first kappa shape index (κ1) is 11.4. The molecular formula is C11H23NS. The van der Waals surface area contributed by atoms with E-state index >= 15 is 0 Å². The van der Waals surface area contributed by atoms with Crippen LogP contribution in [0.15, 0.2) is 0 Å². The molecule has 1 aliphatic rings. The summed E-state index contributed by atoms with van der Waals surface area (Å²) in [5.74, 6) is 1.29. The van der Waals surface area contributed by atoms with Gasteiger partial charge in [-0.25, -0.2) is 0 Å². The zero-order chi connectivity index (χ0) is 9.57. The first-order chi connectivity index (χ1) is 6.27. The summed E-state index contributed by atoms with van der Waals surface area (Å²) in [6.07, 6.45) is 10.6. The maximum atomic E-state index is 3.72. The Balaban J connectivity index is 2.10. The highest BCUT2D eigenvalue weighted by atomic mass is 32.2. The summed E-state index contributed by atoms with van der Waals surface area (Å²) in [6.45, 7) is 3.60. The summed E-state index contributed by atoms with van der Waals surface area (Å²) in [6, 6.07) is 0. The normalized spacial score (nSPS) is 21.7. The summed E-state index contributed by atoms with van der Waals surface area (Å²) >= 11 is 1.95. The Hall–Kier alpha value is 0.310. The highest BCUT2D eigenvalue weighted by Crippen LogP contribution is 2.27. The van der Waals surface area contributed by atoms with Crippen molar-refractivity contribution in [1.29, 1.82) is 0 Å². The molecular weight excluding hydrogens is 178 g/mol. The molecule has 0 bridgehead atoms. The highest BCUT2D eigenvalue weighted by Gasteiger charge is 2.25. The Morgan fingerprint density at radius 3 is 2.54 bits per heavy atom. The van der Waals surface area contributed by atoms with E-state index < -0.39 is 0 Å². The van der Waals surface area contributed by atoms with E-state index in [-0.39, 0.29) is 0 Å². The van der Waals surface area contributed by atoms with Gasteiger partial charge in [0.2, 0.25) is 0 Å². The van der Waals surface area contributed by atoms with Crippen LogP contribution in [-0.2, 0) is 0 Å². The van der Waals surface area contributed by atoms with Crippen molar-refractivity contribution < 1.29 is 0 Å². The Kier molecular flexibility index (Phi) is 5.18. The summed E-state index contributed by atoms with van der Waals surface area (Å²) in [5, 5.41) is 3.72. The SMILES string of the molecule is CSCCCNC1(C)CCCCC1. The first-order valence-electron chi connectivity index (χ1n) is 5.51. The monoisotopic (exact) mass is 201 g/mol. The predicted octanol–water partition coefficient (Wildman–Crippen LogP) is 3.05. The summed E-state index contributed by atoms with van der Waals surface area (Å²) in [4.78, 5) is 0. The molecule has 0 aliphatic heterocycles. The second kappa shape index (κ2) is 5.92. The topological polar surface area (TPSA) is 12.0 Å². The molecule has 0 heterocycles. The fourth-order valence-corrected chi connectivity index (χ4v) is 2.55. The first-order valence-corrected chi connectivity index (χ1v) is 6.90. The molecule has 0 radical (unpaired) electrons. The molecule has 2 heteroatoms. The number of rotatable bonds is 5. The lowest BCUT2D eigenvalue weighted by atomic mass is 9.83. The van der Waals surface area contributed by atoms with Crippen molar-refractivity contribution in [1.82, 2.24) is 5.32 Å². The third-order valence-electron chi connectivity index (χ3n) is 3.03. The van der Waals surface area contributed by atoms with Crippen LogP contribution in [0.1, 0.15) is 45.4 Å². The molecule has 1 fully saturated rings. The van der Waals surface area contributed by atoms with E-state index in [4.69, 9.17) is 0 Å². The lowest BCUT2D eigenvalue weighted by Crippen LogP contribution is -2.44. The van der Waals surface area contributed by atoms with Crippen molar-refractivity contribution in [3.8, 4) is 0 Å². The van der Waals surface area contributed by atoms with Crippen LogP contribution in [0.5, 0.6) is 0 Å². The van der Waals surface area contributed by atoms with Gasteiger partial charge >= 0.3 is 0 Å². The third kappa shape index (κ3) is 4.37. The Morgan fingerprint density at radius 2 is 1.92 bits per heavy atom. The minimum absolute atomic E-state index is 0.469. The van der Waals surface area contributed by atoms with Crippen molar-refractivity contribution in [3.63, 3.8) is 0 Å². The molecule has 0 aromatic carbocycles. The molecule has 0 aromatic rings. The van der Waals surface area contributed by atoms with Gasteiger partial charge in [-0.2, -0.15) is 11.8 Å². The van der Waals surface area contributed by atoms with Gasteiger partial charge in [0.25, 0.3) is 0 Å². The maximum Gasteiger partial charge on any atom is 0.0153 e. The third-order valence-corrected chi connectivity index (χ3v) is 3.73. The molecule has 0 spiro atoms. The van der Waals surface area contributed by atoms with Gasteiger partial charge in [0, 0.05) is 5.54 Å². The molecule has 78 valence electrons. The fourth-order valence-electron chi connectivity index (χ4n) is 2.12. The van der Waals surface area contributed by atoms with Gasteiger partial charge in [-0.1, -0.05) is 19.3 Å². The number of nitrogens with one attached hydrogen (secondary N) is 1. The lowest BCUT2D eigenvalue weighted by Gasteiger charge is -2.34. The minimum atomic E-state index is 0.469. The largest absolute Gasteiger partial charge is 0.311 e. The second-order valence-electron chi connectivity index (χ2n) is 4.39. The smallest absolute Gasteiger partial charge is 0.0153 e. The fraction of sp³-hybridized carbons (Fsp3) is 1.00. The van der Waals surface area contributed by atoms with Crippen LogP contribution in [0, 0.1) is 0 Å². The molecule has 1 aliphatic carbocycles. The molecule has 0 amide bonds. The summed E-state index contributed by atoms with van der Waals surface area (Å²) in [7, 11) is 0.